The number of hydrogen-bond acceptors (Lipinski definition) is 3. The Morgan fingerprint density at radius 2 is 2.38 bits per heavy atom. The minimum absolute atomic E-state index is 0. The van der Waals surface area contributed by atoms with E-state index in [2.05, 4.69) is 4.98 Å². The van der Waals surface area contributed by atoms with Crippen molar-refractivity contribution in [1.82, 2.24) is 9.55 Å². The van der Waals surface area contributed by atoms with Gasteiger partial charge in [-0.05, 0) is 12.8 Å². The first kappa shape index (κ1) is 13.7. The molecule has 0 amide bonds. The van der Waals surface area contributed by atoms with Crippen LogP contribution in [0.25, 0.3) is 0 Å². The number of esters is 1. The van der Waals surface area contributed by atoms with Crippen LogP contribution in [0.2, 0.25) is 0 Å². The predicted octanol–water partition coefficient (Wildman–Crippen LogP) is 0.246. The molecule has 0 unspecified atom stereocenters. The quantitative estimate of drug-likeness (QED) is 0.523. The van der Waals surface area contributed by atoms with Gasteiger partial charge in [0.25, 0.3) is 0 Å². The zero-order chi connectivity index (χ0) is 10.8. The van der Waals surface area contributed by atoms with Crippen LogP contribution in [-0.4, -0.2) is 49.4 Å². The van der Waals surface area contributed by atoms with Crippen LogP contribution in [-0.2, 0) is 23.0 Å². The molecule has 2 heterocycles. The topological polar surface area (TPSA) is 44.1 Å². The fourth-order valence-electron chi connectivity index (χ4n) is 2.16. The maximum atomic E-state index is 11.4. The van der Waals surface area contributed by atoms with E-state index in [0.29, 0.717) is 12.5 Å². The first-order chi connectivity index (χ1) is 7.22. The van der Waals surface area contributed by atoms with Gasteiger partial charge in [0.05, 0.1) is 18.9 Å². The Balaban J connectivity index is 0.00000128. The normalized spacial score (nSPS) is 24.0. The average Bonchev–Trinajstić information content (AvgIpc) is 2.76. The van der Waals surface area contributed by atoms with Gasteiger partial charge in [-0.3, -0.25) is 4.79 Å². The van der Waals surface area contributed by atoms with Gasteiger partial charge in [0.1, 0.15) is 0 Å². The Kier molecular flexibility index (Phi) is 4.94. The molecule has 1 aliphatic heterocycles. The summed E-state index contributed by atoms with van der Waals surface area (Å²) in [6.45, 7) is 2.59. The van der Waals surface area contributed by atoms with E-state index < -0.39 is 0 Å². The van der Waals surface area contributed by atoms with Crippen LogP contribution < -0.4 is 0 Å². The first-order valence-electron chi connectivity index (χ1n) is 5.34. The number of ether oxygens (including phenoxy) is 1. The maximum absolute atomic E-state index is 11.4. The van der Waals surface area contributed by atoms with Crippen LogP contribution >= 0.6 is 0 Å². The molecule has 1 fully saturated rings. The molecule has 1 saturated heterocycles. The van der Waals surface area contributed by atoms with E-state index in [-0.39, 0.29) is 39.2 Å². The second kappa shape index (κ2) is 5.79. The number of cyclic esters (lactones) is 1. The van der Waals surface area contributed by atoms with Gasteiger partial charge in [0.2, 0.25) is 0 Å². The van der Waals surface area contributed by atoms with Gasteiger partial charge in [0.15, 0.2) is 0 Å². The van der Waals surface area contributed by atoms with Crippen molar-refractivity contribution in [2.45, 2.75) is 19.8 Å². The van der Waals surface area contributed by atoms with Crippen molar-refractivity contribution in [2.24, 2.45) is 18.9 Å². The van der Waals surface area contributed by atoms with E-state index in [4.69, 9.17) is 4.74 Å². The molecule has 0 saturated carbocycles. The fourth-order valence-corrected chi connectivity index (χ4v) is 2.16. The molecule has 1 aliphatic rings. The third-order valence-electron chi connectivity index (χ3n) is 3.14. The number of nitrogens with zero attached hydrogens (tertiary/aromatic N) is 2. The summed E-state index contributed by atoms with van der Waals surface area (Å²) in [5, 5.41) is 0. The van der Waals surface area contributed by atoms with E-state index in [1.807, 2.05) is 24.7 Å². The van der Waals surface area contributed by atoms with Gasteiger partial charge in [-0.15, -0.1) is 0 Å². The molecule has 1 aromatic rings. The molecule has 0 aromatic carbocycles. The van der Waals surface area contributed by atoms with Crippen LogP contribution in [0.1, 0.15) is 19.0 Å². The van der Waals surface area contributed by atoms with Gasteiger partial charge in [-0.1, -0.05) is 6.92 Å². The molecule has 0 bridgehead atoms. The van der Waals surface area contributed by atoms with Crippen molar-refractivity contribution < 1.29 is 9.53 Å². The molecule has 0 spiro atoms. The summed E-state index contributed by atoms with van der Waals surface area (Å²) in [5.41, 5.74) is 1.16. The predicted molar refractivity (Wildman–Crippen MR) is 63.7 cm³/mol. The standard InChI is InChI=1S/C11H16N2O2.Pb.2H/c1-3-10-8(6-15-11(10)14)4-9-5-12-7-13(9)2;;;/h5,7-8,10H,3-4,6H2,1-2H3;;;/t8-,10-;;;/m0.../s1. The van der Waals surface area contributed by atoms with E-state index >= 15 is 0 Å². The Morgan fingerprint density at radius 3 is 2.94 bits per heavy atom. The van der Waals surface area contributed by atoms with Gasteiger partial charge >= 0.3 is 33.3 Å². The number of aromatic nitrogens is 2. The summed E-state index contributed by atoms with van der Waals surface area (Å²) >= 11 is 0. The molecule has 16 heavy (non-hydrogen) atoms. The number of carbonyl (C=O) groups excluding carboxylic acids is 1. The summed E-state index contributed by atoms with van der Waals surface area (Å²) in [5.74, 6) is 0.350. The molecule has 2 radical (unpaired) electrons. The van der Waals surface area contributed by atoms with Crippen molar-refractivity contribution in [3.8, 4) is 0 Å². The molecule has 0 aliphatic carbocycles. The van der Waals surface area contributed by atoms with Crippen LogP contribution in [0.15, 0.2) is 12.5 Å². The molecule has 1 aromatic heterocycles. The molecule has 2 atom stereocenters. The Labute approximate surface area is 116 Å². The average molecular weight is 417 g/mol. The van der Waals surface area contributed by atoms with E-state index in [9.17, 15) is 4.79 Å². The summed E-state index contributed by atoms with van der Waals surface area (Å²) in [6, 6.07) is 0. The van der Waals surface area contributed by atoms with Gasteiger partial charge in [-0.25, -0.2) is 4.98 Å². The van der Waals surface area contributed by atoms with Crippen molar-refractivity contribution in [3.05, 3.63) is 18.2 Å². The summed E-state index contributed by atoms with van der Waals surface area (Å²) in [4.78, 5) is 15.5. The Bertz CT molecular complexity index is 365. The molecular weight excluding hydrogens is 399 g/mol. The van der Waals surface area contributed by atoms with E-state index in [1.54, 1.807) is 6.33 Å². The first-order valence-corrected chi connectivity index (χ1v) is 5.34. The van der Waals surface area contributed by atoms with Gasteiger partial charge in [-0.2, -0.15) is 0 Å². The third kappa shape index (κ3) is 2.64. The molecule has 5 heteroatoms. The second-order valence-corrected chi connectivity index (χ2v) is 4.10. The van der Waals surface area contributed by atoms with E-state index in [0.717, 1.165) is 18.5 Å². The molecular formula is C11H18N2O2Pb. The molecule has 2 rings (SSSR count). The van der Waals surface area contributed by atoms with E-state index in [1.165, 1.54) is 0 Å². The number of hydrogen-bond donors (Lipinski definition) is 0. The van der Waals surface area contributed by atoms with Crippen LogP contribution in [0, 0.1) is 11.8 Å². The van der Waals surface area contributed by atoms with Crippen molar-refractivity contribution >= 4 is 33.3 Å². The van der Waals surface area contributed by atoms with Gasteiger partial charge < -0.3 is 9.30 Å². The Morgan fingerprint density at radius 1 is 1.62 bits per heavy atom. The minimum atomic E-state index is -0.0373. The second-order valence-electron chi connectivity index (χ2n) is 4.10. The monoisotopic (exact) mass is 418 g/mol. The Hall–Kier alpha value is -0.398. The van der Waals surface area contributed by atoms with Crippen molar-refractivity contribution in [1.29, 1.82) is 0 Å². The zero-order valence-corrected chi connectivity index (χ0v) is 15.3. The molecule has 88 valence electrons. The number of carbonyl (C=O) groups is 1. The molecule has 4 nitrogen and oxygen atoms in total. The van der Waals surface area contributed by atoms with Crippen molar-refractivity contribution in [3.63, 3.8) is 0 Å². The summed E-state index contributed by atoms with van der Waals surface area (Å²) in [7, 11) is 1.97. The summed E-state index contributed by atoms with van der Waals surface area (Å²) < 4.78 is 7.08. The third-order valence-corrected chi connectivity index (χ3v) is 3.14. The number of rotatable bonds is 3. The summed E-state index contributed by atoms with van der Waals surface area (Å²) in [6.07, 6.45) is 5.38. The number of aryl methyl sites for hydroxylation is 1. The fraction of sp³-hybridized carbons (Fsp3) is 0.636. The SMILES string of the molecule is CC[C@@H]1C(=O)OC[C@@H]1Cc1cncn1C.[PbH2]. The van der Waals surface area contributed by atoms with Crippen LogP contribution in [0.5, 0.6) is 0 Å². The zero-order valence-electron chi connectivity index (χ0n) is 9.85. The van der Waals surface area contributed by atoms with Crippen LogP contribution in [0.4, 0.5) is 0 Å². The van der Waals surface area contributed by atoms with Crippen molar-refractivity contribution in [2.75, 3.05) is 6.61 Å². The van der Waals surface area contributed by atoms with Gasteiger partial charge in [0, 0.05) is 24.9 Å². The molecule has 0 N–H and O–H groups in total. The van der Waals surface area contributed by atoms with Crippen LogP contribution in [0.3, 0.4) is 0 Å². The number of imidazole rings is 1.